The number of ether oxygens (including phenoxy) is 2. The van der Waals surface area contributed by atoms with Gasteiger partial charge in [0.25, 0.3) is 0 Å². The summed E-state index contributed by atoms with van der Waals surface area (Å²) in [5, 5.41) is 3.37. The van der Waals surface area contributed by atoms with Gasteiger partial charge >= 0.3 is 0 Å². The van der Waals surface area contributed by atoms with Crippen LogP contribution in [0.2, 0.25) is 0 Å². The predicted octanol–water partition coefficient (Wildman–Crippen LogP) is 2.49. The van der Waals surface area contributed by atoms with Crippen molar-refractivity contribution in [2.75, 3.05) is 40.0 Å². The molecular formula is C20H32N2O3. The molecule has 1 saturated heterocycles. The van der Waals surface area contributed by atoms with Crippen molar-refractivity contribution in [1.82, 2.24) is 10.2 Å². The van der Waals surface area contributed by atoms with Gasteiger partial charge in [-0.05, 0) is 29.5 Å². The van der Waals surface area contributed by atoms with Gasteiger partial charge in [-0.3, -0.25) is 4.79 Å². The first-order valence-electron chi connectivity index (χ1n) is 9.09. The van der Waals surface area contributed by atoms with E-state index in [4.69, 9.17) is 9.47 Å². The fourth-order valence-electron chi connectivity index (χ4n) is 3.01. The van der Waals surface area contributed by atoms with E-state index in [1.807, 2.05) is 17.0 Å². The van der Waals surface area contributed by atoms with Crippen LogP contribution in [-0.2, 0) is 16.0 Å². The van der Waals surface area contributed by atoms with Crippen molar-refractivity contribution in [3.63, 3.8) is 0 Å². The number of carbonyl (C=O) groups excluding carboxylic acids is 1. The van der Waals surface area contributed by atoms with Gasteiger partial charge in [0.15, 0.2) is 0 Å². The maximum atomic E-state index is 12.8. The smallest absolute Gasteiger partial charge is 0.224 e. The molecule has 140 valence electrons. The zero-order valence-corrected chi connectivity index (χ0v) is 16.0. The number of amides is 1. The maximum Gasteiger partial charge on any atom is 0.224 e. The summed E-state index contributed by atoms with van der Waals surface area (Å²) in [4.78, 5) is 14.8. The topological polar surface area (TPSA) is 50.8 Å². The van der Waals surface area contributed by atoms with Crippen molar-refractivity contribution in [3.05, 3.63) is 29.8 Å². The van der Waals surface area contributed by atoms with Crippen LogP contribution in [0, 0.1) is 5.41 Å². The van der Waals surface area contributed by atoms with Crippen LogP contribution in [0.4, 0.5) is 0 Å². The van der Waals surface area contributed by atoms with Crippen LogP contribution < -0.4 is 10.1 Å². The number of carbonyl (C=O) groups is 1. The largest absolute Gasteiger partial charge is 0.497 e. The molecule has 0 saturated carbocycles. The van der Waals surface area contributed by atoms with Gasteiger partial charge in [-0.15, -0.1) is 0 Å². The van der Waals surface area contributed by atoms with Crippen molar-refractivity contribution >= 4 is 5.91 Å². The first-order valence-corrected chi connectivity index (χ1v) is 9.09. The molecular weight excluding hydrogens is 316 g/mol. The third-order valence-corrected chi connectivity index (χ3v) is 4.27. The molecule has 1 unspecified atom stereocenters. The minimum absolute atomic E-state index is 0.0755. The Morgan fingerprint density at radius 3 is 2.60 bits per heavy atom. The number of morpholine rings is 1. The molecule has 1 atom stereocenters. The Hall–Kier alpha value is -1.59. The van der Waals surface area contributed by atoms with Gasteiger partial charge < -0.3 is 19.7 Å². The summed E-state index contributed by atoms with van der Waals surface area (Å²) in [5.41, 5.74) is 1.29. The minimum atomic E-state index is 0.0755. The Kier molecular flexibility index (Phi) is 7.26. The Bertz CT molecular complexity index is 531. The quantitative estimate of drug-likeness (QED) is 0.822. The van der Waals surface area contributed by atoms with Crippen molar-refractivity contribution in [3.8, 4) is 5.75 Å². The molecule has 1 N–H and O–H groups in total. The molecule has 5 heteroatoms. The van der Waals surface area contributed by atoms with E-state index in [1.165, 1.54) is 5.56 Å². The fraction of sp³-hybridized carbons (Fsp3) is 0.650. The van der Waals surface area contributed by atoms with Gasteiger partial charge in [0, 0.05) is 32.1 Å². The van der Waals surface area contributed by atoms with E-state index < -0.39 is 0 Å². The molecule has 1 aromatic rings. The first-order chi connectivity index (χ1) is 11.9. The van der Waals surface area contributed by atoms with Crippen molar-refractivity contribution in [2.45, 2.75) is 39.7 Å². The average Bonchev–Trinajstić information content (AvgIpc) is 2.59. The molecule has 0 spiro atoms. The highest BCUT2D eigenvalue weighted by molar-refractivity contribution is 5.77. The Morgan fingerprint density at radius 2 is 2.04 bits per heavy atom. The normalized spacial score (nSPS) is 18.0. The van der Waals surface area contributed by atoms with E-state index >= 15 is 0 Å². The van der Waals surface area contributed by atoms with E-state index in [0.717, 1.165) is 38.4 Å². The molecule has 1 amide bonds. The molecule has 0 aliphatic carbocycles. The highest BCUT2D eigenvalue weighted by Gasteiger charge is 2.24. The Balaban J connectivity index is 1.94. The van der Waals surface area contributed by atoms with Crippen LogP contribution in [0.15, 0.2) is 24.3 Å². The van der Waals surface area contributed by atoms with Crippen LogP contribution in [0.1, 0.15) is 32.8 Å². The third-order valence-electron chi connectivity index (χ3n) is 4.27. The molecule has 2 rings (SSSR count). The Morgan fingerprint density at radius 1 is 1.32 bits per heavy atom. The van der Waals surface area contributed by atoms with Gasteiger partial charge in [-0.25, -0.2) is 0 Å². The van der Waals surface area contributed by atoms with E-state index in [1.54, 1.807) is 7.11 Å². The monoisotopic (exact) mass is 348 g/mol. The van der Waals surface area contributed by atoms with Crippen LogP contribution in [0.25, 0.3) is 0 Å². The highest BCUT2D eigenvalue weighted by Crippen LogP contribution is 2.18. The molecule has 0 aromatic heterocycles. The lowest BCUT2D eigenvalue weighted by molar-refractivity contribution is -0.133. The SMILES string of the molecule is COc1ccc(CCN(CC(C)(C)C)C(=O)CC2COCCN2)cc1. The minimum Gasteiger partial charge on any atom is -0.497 e. The maximum absolute atomic E-state index is 12.8. The second kappa shape index (κ2) is 9.20. The number of nitrogens with zero attached hydrogens (tertiary/aromatic N) is 1. The van der Waals surface area contributed by atoms with Crippen LogP contribution >= 0.6 is 0 Å². The second-order valence-corrected chi connectivity index (χ2v) is 7.90. The van der Waals surface area contributed by atoms with E-state index in [0.29, 0.717) is 13.0 Å². The highest BCUT2D eigenvalue weighted by atomic mass is 16.5. The van der Waals surface area contributed by atoms with E-state index in [9.17, 15) is 4.79 Å². The molecule has 0 bridgehead atoms. The molecule has 1 heterocycles. The lowest BCUT2D eigenvalue weighted by Crippen LogP contribution is -2.46. The molecule has 25 heavy (non-hydrogen) atoms. The van der Waals surface area contributed by atoms with Crippen LogP contribution in [-0.4, -0.2) is 56.8 Å². The molecule has 1 fully saturated rings. The molecule has 1 aromatic carbocycles. The summed E-state index contributed by atoms with van der Waals surface area (Å²) < 4.78 is 10.7. The summed E-state index contributed by atoms with van der Waals surface area (Å²) >= 11 is 0. The second-order valence-electron chi connectivity index (χ2n) is 7.90. The van der Waals surface area contributed by atoms with Crippen molar-refractivity contribution in [2.24, 2.45) is 5.41 Å². The predicted molar refractivity (Wildman–Crippen MR) is 100.0 cm³/mol. The number of hydrogen-bond acceptors (Lipinski definition) is 4. The summed E-state index contributed by atoms with van der Waals surface area (Å²) in [6, 6.07) is 8.19. The number of methoxy groups -OCH3 is 1. The molecule has 0 radical (unpaired) electrons. The van der Waals surface area contributed by atoms with Gasteiger partial charge in [-0.2, -0.15) is 0 Å². The first kappa shape index (κ1) is 19.7. The fourth-order valence-corrected chi connectivity index (χ4v) is 3.01. The summed E-state index contributed by atoms with van der Waals surface area (Å²) in [5.74, 6) is 1.06. The molecule has 1 aliphatic heterocycles. The van der Waals surface area contributed by atoms with Gasteiger partial charge in [0.05, 0.1) is 20.3 Å². The lowest BCUT2D eigenvalue weighted by atomic mass is 9.95. The summed E-state index contributed by atoms with van der Waals surface area (Å²) in [6.45, 7) is 10.2. The van der Waals surface area contributed by atoms with E-state index in [2.05, 4.69) is 38.2 Å². The zero-order valence-electron chi connectivity index (χ0n) is 16.0. The zero-order chi connectivity index (χ0) is 18.3. The van der Waals surface area contributed by atoms with Crippen LogP contribution in [0.3, 0.4) is 0 Å². The number of hydrogen-bond donors (Lipinski definition) is 1. The standard InChI is InChI=1S/C20H32N2O3/c1-20(2,3)15-22(19(23)13-17-14-25-12-10-21-17)11-9-16-5-7-18(24-4)8-6-16/h5-8,17,21H,9-15H2,1-4H3. The number of nitrogens with one attached hydrogen (secondary N) is 1. The third kappa shape index (κ3) is 7.04. The van der Waals surface area contributed by atoms with E-state index in [-0.39, 0.29) is 17.4 Å². The van der Waals surface area contributed by atoms with Crippen molar-refractivity contribution < 1.29 is 14.3 Å². The van der Waals surface area contributed by atoms with Crippen molar-refractivity contribution in [1.29, 1.82) is 0 Å². The number of benzene rings is 1. The van der Waals surface area contributed by atoms with Crippen LogP contribution in [0.5, 0.6) is 5.75 Å². The average molecular weight is 348 g/mol. The summed E-state index contributed by atoms with van der Waals surface area (Å²) in [7, 11) is 1.67. The number of rotatable bonds is 7. The van der Waals surface area contributed by atoms with Gasteiger partial charge in [0.2, 0.25) is 5.91 Å². The molecule has 5 nitrogen and oxygen atoms in total. The summed E-state index contributed by atoms with van der Waals surface area (Å²) in [6.07, 6.45) is 1.35. The van der Waals surface area contributed by atoms with Gasteiger partial charge in [0.1, 0.15) is 5.75 Å². The lowest BCUT2D eigenvalue weighted by Gasteiger charge is -2.32. The molecule has 1 aliphatic rings. The Labute approximate surface area is 151 Å². The van der Waals surface area contributed by atoms with Gasteiger partial charge in [-0.1, -0.05) is 32.9 Å².